The van der Waals surface area contributed by atoms with E-state index in [1.165, 1.54) is 12.1 Å². The SMILES string of the molecule is CC1CCN(C(=O)Nc2ccc(F)cc2I)CC1. The number of carbonyl (C=O) groups is 1. The molecule has 1 aromatic rings. The number of halogens is 2. The number of anilines is 1. The fourth-order valence-electron chi connectivity index (χ4n) is 2.00. The van der Waals surface area contributed by atoms with Crippen molar-refractivity contribution in [2.24, 2.45) is 5.92 Å². The molecule has 0 unspecified atom stereocenters. The standard InChI is InChI=1S/C13H16FIN2O/c1-9-4-6-17(7-5-9)13(18)16-12-3-2-10(14)8-11(12)15/h2-3,8-9H,4-7H2,1H3,(H,16,18). The highest BCUT2D eigenvalue weighted by Gasteiger charge is 2.20. The number of likely N-dealkylation sites (tertiary alicyclic amines) is 1. The Hall–Kier alpha value is -0.850. The lowest BCUT2D eigenvalue weighted by molar-refractivity contribution is 0.186. The number of rotatable bonds is 1. The molecule has 0 saturated carbocycles. The summed E-state index contributed by atoms with van der Waals surface area (Å²) >= 11 is 2.02. The largest absolute Gasteiger partial charge is 0.325 e. The van der Waals surface area contributed by atoms with Crippen molar-refractivity contribution in [3.63, 3.8) is 0 Å². The van der Waals surface area contributed by atoms with Gasteiger partial charge >= 0.3 is 6.03 Å². The summed E-state index contributed by atoms with van der Waals surface area (Å²) in [6, 6.07) is 4.28. The maximum atomic E-state index is 13.0. The van der Waals surface area contributed by atoms with Crippen LogP contribution < -0.4 is 5.32 Å². The van der Waals surface area contributed by atoms with E-state index in [1.54, 1.807) is 6.07 Å². The van der Waals surface area contributed by atoms with Crippen LogP contribution >= 0.6 is 22.6 Å². The second-order valence-corrected chi connectivity index (χ2v) is 5.89. The van der Waals surface area contributed by atoms with Gasteiger partial charge in [-0.15, -0.1) is 0 Å². The molecule has 2 rings (SSSR count). The topological polar surface area (TPSA) is 32.3 Å². The van der Waals surface area contributed by atoms with Crippen LogP contribution in [0.4, 0.5) is 14.9 Å². The van der Waals surface area contributed by atoms with Gasteiger partial charge in [0.2, 0.25) is 0 Å². The van der Waals surface area contributed by atoms with Crippen molar-refractivity contribution in [2.75, 3.05) is 18.4 Å². The molecule has 0 aromatic heterocycles. The maximum absolute atomic E-state index is 13.0. The van der Waals surface area contributed by atoms with Crippen molar-refractivity contribution in [1.29, 1.82) is 0 Å². The normalized spacial score (nSPS) is 16.7. The zero-order chi connectivity index (χ0) is 13.1. The van der Waals surface area contributed by atoms with Gasteiger partial charge in [0, 0.05) is 16.7 Å². The van der Waals surface area contributed by atoms with E-state index in [9.17, 15) is 9.18 Å². The molecule has 2 amide bonds. The lowest BCUT2D eigenvalue weighted by atomic mass is 10.00. The number of hydrogen-bond acceptors (Lipinski definition) is 1. The monoisotopic (exact) mass is 362 g/mol. The first-order valence-corrected chi connectivity index (χ1v) is 7.15. The van der Waals surface area contributed by atoms with Gasteiger partial charge in [0.05, 0.1) is 5.69 Å². The van der Waals surface area contributed by atoms with Gasteiger partial charge in [-0.2, -0.15) is 0 Å². The summed E-state index contributed by atoms with van der Waals surface area (Å²) in [4.78, 5) is 13.8. The minimum absolute atomic E-state index is 0.0913. The molecule has 0 bridgehead atoms. The summed E-state index contributed by atoms with van der Waals surface area (Å²) in [5.74, 6) is 0.407. The van der Waals surface area contributed by atoms with E-state index in [4.69, 9.17) is 0 Å². The first-order chi connectivity index (χ1) is 8.56. The smallest absolute Gasteiger partial charge is 0.321 e. The third-order valence-corrected chi connectivity index (χ3v) is 4.14. The fourth-order valence-corrected chi connectivity index (χ4v) is 2.61. The second kappa shape index (κ2) is 5.86. The number of nitrogens with zero attached hydrogens (tertiary/aromatic N) is 1. The molecule has 1 fully saturated rings. The van der Waals surface area contributed by atoms with Gasteiger partial charge in [-0.3, -0.25) is 0 Å². The van der Waals surface area contributed by atoms with E-state index in [-0.39, 0.29) is 11.8 Å². The highest BCUT2D eigenvalue weighted by atomic mass is 127. The first kappa shape index (κ1) is 13.6. The molecule has 1 aromatic carbocycles. The Morgan fingerprint density at radius 2 is 2.11 bits per heavy atom. The highest BCUT2D eigenvalue weighted by molar-refractivity contribution is 14.1. The lowest BCUT2D eigenvalue weighted by Crippen LogP contribution is -2.40. The Bertz CT molecular complexity index is 445. The number of amides is 2. The molecule has 3 nitrogen and oxygen atoms in total. The van der Waals surface area contributed by atoms with Gasteiger partial charge in [-0.1, -0.05) is 6.92 Å². The summed E-state index contributed by atoms with van der Waals surface area (Å²) < 4.78 is 13.7. The van der Waals surface area contributed by atoms with Crippen molar-refractivity contribution in [3.8, 4) is 0 Å². The maximum Gasteiger partial charge on any atom is 0.321 e. The van der Waals surface area contributed by atoms with Crippen molar-refractivity contribution in [2.45, 2.75) is 19.8 Å². The molecule has 0 spiro atoms. The van der Waals surface area contributed by atoms with E-state index in [0.717, 1.165) is 25.9 Å². The Balaban J connectivity index is 1.98. The van der Waals surface area contributed by atoms with Crippen LogP contribution in [0.1, 0.15) is 19.8 Å². The summed E-state index contributed by atoms with van der Waals surface area (Å²) in [5.41, 5.74) is 0.667. The molecule has 1 aliphatic heterocycles. The Labute approximate surface area is 120 Å². The molecule has 0 radical (unpaired) electrons. The number of piperidine rings is 1. The van der Waals surface area contributed by atoms with Crippen LogP contribution in [0, 0.1) is 15.3 Å². The van der Waals surface area contributed by atoms with Crippen molar-refractivity contribution in [1.82, 2.24) is 4.90 Å². The third kappa shape index (κ3) is 3.34. The van der Waals surface area contributed by atoms with Crippen LogP contribution in [-0.4, -0.2) is 24.0 Å². The molecule has 1 saturated heterocycles. The molecule has 1 N–H and O–H groups in total. The molecule has 1 aliphatic rings. The molecular weight excluding hydrogens is 346 g/mol. The number of urea groups is 1. The number of nitrogens with one attached hydrogen (secondary N) is 1. The van der Waals surface area contributed by atoms with E-state index in [2.05, 4.69) is 12.2 Å². The van der Waals surface area contributed by atoms with E-state index >= 15 is 0 Å². The minimum Gasteiger partial charge on any atom is -0.325 e. The van der Waals surface area contributed by atoms with Gasteiger partial charge in [0.15, 0.2) is 0 Å². The van der Waals surface area contributed by atoms with Crippen molar-refractivity contribution in [3.05, 3.63) is 27.6 Å². The fraction of sp³-hybridized carbons (Fsp3) is 0.462. The number of benzene rings is 1. The average Bonchev–Trinajstić information content (AvgIpc) is 2.33. The van der Waals surface area contributed by atoms with Gasteiger partial charge in [-0.25, -0.2) is 9.18 Å². The minimum atomic E-state index is -0.288. The Morgan fingerprint density at radius 3 is 2.72 bits per heavy atom. The lowest BCUT2D eigenvalue weighted by Gasteiger charge is -2.30. The average molecular weight is 362 g/mol. The molecule has 18 heavy (non-hydrogen) atoms. The number of hydrogen-bond donors (Lipinski definition) is 1. The van der Waals surface area contributed by atoms with Crippen LogP contribution in [0.5, 0.6) is 0 Å². The van der Waals surface area contributed by atoms with Crippen LogP contribution in [0.3, 0.4) is 0 Å². The summed E-state index contributed by atoms with van der Waals surface area (Å²) in [5, 5.41) is 2.83. The van der Waals surface area contributed by atoms with Crippen LogP contribution in [0.15, 0.2) is 18.2 Å². The molecule has 0 atom stereocenters. The van der Waals surface area contributed by atoms with Crippen molar-refractivity contribution < 1.29 is 9.18 Å². The first-order valence-electron chi connectivity index (χ1n) is 6.07. The van der Waals surface area contributed by atoms with Gasteiger partial charge < -0.3 is 10.2 Å². The predicted octanol–water partition coefficient (Wildman–Crippen LogP) is 3.69. The molecule has 0 aliphatic carbocycles. The van der Waals surface area contributed by atoms with Crippen LogP contribution in [-0.2, 0) is 0 Å². The molecular formula is C13H16FIN2O. The van der Waals surface area contributed by atoms with Gasteiger partial charge in [-0.05, 0) is 59.5 Å². The van der Waals surface area contributed by atoms with Crippen molar-refractivity contribution >= 4 is 34.3 Å². The van der Waals surface area contributed by atoms with Gasteiger partial charge in [0.25, 0.3) is 0 Å². The zero-order valence-electron chi connectivity index (χ0n) is 10.2. The van der Waals surface area contributed by atoms with E-state index < -0.39 is 0 Å². The summed E-state index contributed by atoms with van der Waals surface area (Å²) in [7, 11) is 0. The zero-order valence-corrected chi connectivity index (χ0v) is 12.4. The second-order valence-electron chi connectivity index (χ2n) is 4.72. The molecule has 5 heteroatoms. The van der Waals surface area contributed by atoms with Crippen LogP contribution in [0.25, 0.3) is 0 Å². The number of carbonyl (C=O) groups excluding carboxylic acids is 1. The summed E-state index contributed by atoms with van der Waals surface area (Å²) in [6.07, 6.45) is 2.10. The summed E-state index contributed by atoms with van der Waals surface area (Å²) in [6.45, 7) is 3.80. The third-order valence-electron chi connectivity index (χ3n) is 3.24. The van der Waals surface area contributed by atoms with E-state index in [1.807, 2.05) is 27.5 Å². The molecule has 1 heterocycles. The quantitative estimate of drug-likeness (QED) is 0.760. The van der Waals surface area contributed by atoms with Gasteiger partial charge in [0.1, 0.15) is 5.82 Å². The predicted molar refractivity (Wildman–Crippen MR) is 78.1 cm³/mol. The highest BCUT2D eigenvalue weighted by Crippen LogP contribution is 2.21. The van der Waals surface area contributed by atoms with E-state index in [0.29, 0.717) is 15.2 Å². The Morgan fingerprint density at radius 1 is 1.44 bits per heavy atom. The van der Waals surface area contributed by atoms with Crippen LogP contribution in [0.2, 0.25) is 0 Å². The molecule has 98 valence electrons. The Kier molecular flexibility index (Phi) is 4.42.